The molecule has 1 aromatic rings. The lowest BCUT2D eigenvalue weighted by molar-refractivity contribution is -0.131. The van der Waals surface area contributed by atoms with E-state index in [-0.39, 0.29) is 30.4 Å². The van der Waals surface area contributed by atoms with Crippen LogP contribution in [0.4, 0.5) is 0 Å². The Kier molecular flexibility index (Phi) is 10.2. The summed E-state index contributed by atoms with van der Waals surface area (Å²) in [7, 11) is 0. The van der Waals surface area contributed by atoms with E-state index in [1.54, 1.807) is 6.92 Å². The topological polar surface area (TPSA) is 88.2 Å². The van der Waals surface area contributed by atoms with Crippen molar-refractivity contribution in [2.75, 3.05) is 45.8 Å². The molecule has 0 aliphatic carbocycles. The second kappa shape index (κ2) is 13.4. The molecule has 2 amide bonds. The fraction of sp³-hybridized carbons (Fsp3) is 0.733. The molecule has 212 valence electrons. The van der Waals surface area contributed by atoms with Crippen LogP contribution in [0.2, 0.25) is 0 Å². The number of β-amino-alcohol motifs (C(OH)–C–C–N with tert-alkyl or cyclic N) is 1. The normalized spacial score (nSPS) is 25.0. The maximum absolute atomic E-state index is 13.3. The fourth-order valence-corrected chi connectivity index (χ4v) is 6.34. The largest absolute Gasteiger partial charge is 0.387 e. The Balaban J connectivity index is 1.27. The molecule has 3 heterocycles. The van der Waals surface area contributed by atoms with Gasteiger partial charge in [0.15, 0.2) is 0 Å². The van der Waals surface area contributed by atoms with E-state index in [0.29, 0.717) is 12.6 Å². The van der Waals surface area contributed by atoms with Crippen LogP contribution in [0.1, 0.15) is 70.4 Å². The lowest BCUT2D eigenvalue weighted by atomic mass is 9.91. The Hall–Kier alpha value is -2.00. The van der Waals surface area contributed by atoms with Crippen LogP contribution in [0.15, 0.2) is 24.3 Å². The predicted octanol–water partition coefficient (Wildman–Crippen LogP) is 2.35. The Labute approximate surface area is 229 Å². The van der Waals surface area contributed by atoms with Gasteiger partial charge in [0.1, 0.15) is 0 Å². The summed E-state index contributed by atoms with van der Waals surface area (Å²) in [4.78, 5) is 31.7. The van der Waals surface area contributed by atoms with Crippen molar-refractivity contribution in [3.63, 3.8) is 0 Å². The molecule has 0 aromatic heterocycles. The number of rotatable bonds is 10. The maximum Gasteiger partial charge on any atom is 0.223 e. The van der Waals surface area contributed by atoms with E-state index < -0.39 is 5.60 Å². The van der Waals surface area contributed by atoms with Gasteiger partial charge in [-0.3, -0.25) is 24.7 Å². The van der Waals surface area contributed by atoms with Gasteiger partial charge in [-0.1, -0.05) is 37.6 Å². The number of amides is 2. The van der Waals surface area contributed by atoms with Crippen molar-refractivity contribution in [3.05, 3.63) is 35.4 Å². The third kappa shape index (κ3) is 8.01. The molecule has 0 spiro atoms. The fourth-order valence-electron chi connectivity index (χ4n) is 6.34. The predicted molar refractivity (Wildman–Crippen MR) is 150 cm³/mol. The number of nitrogens with one attached hydrogen (secondary N) is 2. The van der Waals surface area contributed by atoms with Gasteiger partial charge in [-0.05, 0) is 63.1 Å². The molecule has 8 nitrogen and oxygen atoms in total. The average molecular weight is 528 g/mol. The number of piperidine rings is 2. The van der Waals surface area contributed by atoms with Crippen molar-refractivity contribution in [3.8, 4) is 0 Å². The first-order valence-electron chi connectivity index (χ1n) is 14.8. The first-order chi connectivity index (χ1) is 18.2. The van der Waals surface area contributed by atoms with Gasteiger partial charge in [0, 0.05) is 64.7 Å². The highest BCUT2D eigenvalue weighted by Crippen LogP contribution is 2.25. The summed E-state index contributed by atoms with van der Waals surface area (Å²) in [6, 6.07) is 8.89. The number of fused-ring (bicyclic) bond motifs is 1. The Morgan fingerprint density at radius 1 is 1.08 bits per heavy atom. The smallest absolute Gasteiger partial charge is 0.223 e. The molecular formula is C30H49N5O3. The van der Waals surface area contributed by atoms with E-state index in [9.17, 15) is 14.7 Å². The minimum Gasteiger partial charge on any atom is -0.387 e. The minimum atomic E-state index is -0.980. The molecule has 0 radical (unpaired) electrons. The van der Waals surface area contributed by atoms with Gasteiger partial charge in [0.05, 0.1) is 11.8 Å². The standard InChI is InChI=1S/C30H49N5O3/c1-4-5-14-35-16-11-25(19-28(35)32-27-12-17-34(18-13-27)23(2)36)29(37)31-21-30(3,38)22-33-15-10-24-8-6-7-9-26(24)20-33/h6-9,25,27-28,32,38H,4-5,10-22H2,1-3H3,(H,31,37). The summed E-state index contributed by atoms with van der Waals surface area (Å²) < 4.78 is 0. The van der Waals surface area contributed by atoms with Crippen LogP contribution in [-0.2, 0) is 22.6 Å². The second-order valence-corrected chi connectivity index (χ2v) is 12.0. The van der Waals surface area contributed by atoms with Crippen LogP contribution < -0.4 is 10.6 Å². The molecule has 3 aliphatic heterocycles. The molecule has 3 unspecified atom stereocenters. The van der Waals surface area contributed by atoms with Gasteiger partial charge >= 0.3 is 0 Å². The Bertz CT molecular complexity index is 930. The summed E-state index contributed by atoms with van der Waals surface area (Å²) in [6.45, 7) is 11.8. The van der Waals surface area contributed by atoms with Gasteiger partial charge in [0.2, 0.25) is 11.8 Å². The number of unbranched alkanes of at least 4 members (excludes halogenated alkanes) is 1. The van der Waals surface area contributed by atoms with E-state index in [1.807, 2.05) is 11.8 Å². The summed E-state index contributed by atoms with van der Waals surface area (Å²) in [5, 5.41) is 18.1. The zero-order valence-electron chi connectivity index (χ0n) is 23.8. The van der Waals surface area contributed by atoms with Crippen LogP contribution in [0.3, 0.4) is 0 Å². The molecular weight excluding hydrogens is 478 g/mol. The summed E-state index contributed by atoms with van der Waals surface area (Å²) in [5.74, 6) is 0.159. The van der Waals surface area contributed by atoms with E-state index in [4.69, 9.17) is 0 Å². The molecule has 0 saturated carbocycles. The molecule has 3 aliphatic rings. The van der Waals surface area contributed by atoms with Gasteiger partial charge in [-0.15, -0.1) is 0 Å². The highest BCUT2D eigenvalue weighted by molar-refractivity contribution is 5.78. The monoisotopic (exact) mass is 527 g/mol. The average Bonchev–Trinajstić information content (AvgIpc) is 2.91. The number of nitrogens with zero attached hydrogens (tertiary/aromatic N) is 3. The second-order valence-electron chi connectivity index (χ2n) is 12.0. The first kappa shape index (κ1) is 29.0. The van der Waals surface area contributed by atoms with E-state index in [1.165, 1.54) is 11.1 Å². The van der Waals surface area contributed by atoms with Crippen molar-refractivity contribution < 1.29 is 14.7 Å². The maximum atomic E-state index is 13.3. The highest BCUT2D eigenvalue weighted by atomic mass is 16.3. The summed E-state index contributed by atoms with van der Waals surface area (Å²) in [5.41, 5.74) is 1.75. The van der Waals surface area contributed by atoms with Gasteiger partial charge in [0.25, 0.3) is 0 Å². The number of likely N-dealkylation sites (tertiary alicyclic amines) is 2. The number of carbonyl (C=O) groups is 2. The van der Waals surface area contributed by atoms with E-state index in [2.05, 4.69) is 51.6 Å². The van der Waals surface area contributed by atoms with Crippen molar-refractivity contribution in [1.82, 2.24) is 25.3 Å². The molecule has 38 heavy (non-hydrogen) atoms. The van der Waals surface area contributed by atoms with E-state index >= 15 is 0 Å². The third-order valence-electron chi connectivity index (χ3n) is 8.67. The van der Waals surface area contributed by atoms with Crippen molar-refractivity contribution in [2.45, 2.75) is 90.1 Å². The van der Waals surface area contributed by atoms with E-state index in [0.717, 1.165) is 84.2 Å². The zero-order valence-corrected chi connectivity index (χ0v) is 23.8. The van der Waals surface area contributed by atoms with Crippen molar-refractivity contribution in [2.24, 2.45) is 5.92 Å². The molecule has 3 N–H and O–H groups in total. The molecule has 8 heteroatoms. The quantitative estimate of drug-likeness (QED) is 0.433. The molecule has 2 fully saturated rings. The lowest BCUT2D eigenvalue weighted by Crippen LogP contribution is -2.58. The zero-order chi connectivity index (χ0) is 27.1. The Morgan fingerprint density at radius 2 is 1.82 bits per heavy atom. The highest BCUT2D eigenvalue weighted by Gasteiger charge is 2.35. The minimum absolute atomic E-state index is 0.0552. The van der Waals surface area contributed by atoms with Crippen LogP contribution in [0.5, 0.6) is 0 Å². The van der Waals surface area contributed by atoms with Crippen molar-refractivity contribution >= 4 is 11.8 Å². The van der Waals surface area contributed by atoms with Crippen LogP contribution in [-0.4, -0.2) is 95.2 Å². The molecule has 0 bridgehead atoms. The third-order valence-corrected chi connectivity index (χ3v) is 8.67. The molecule has 1 aromatic carbocycles. The number of aliphatic hydroxyl groups is 1. The number of benzene rings is 1. The first-order valence-corrected chi connectivity index (χ1v) is 14.8. The summed E-state index contributed by atoms with van der Waals surface area (Å²) in [6.07, 6.45) is 7.03. The number of carbonyl (C=O) groups excluding carboxylic acids is 2. The van der Waals surface area contributed by atoms with Crippen molar-refractivity contribution in [1.29, 1.82) is 0 Å². The summed E-state index contributed by atoms with van der Waals surface area (Å²) >= 11 is 0. The van der Waals surface area contributed by atoms with Crippen LogP contribution in [0, 0.1) is 5.92 Å². The molecule has 3 atom stereocenters. The van der Waals surface area contributed by atoms with Gasteiger partial charge in [-0.25, -0.2) is 0 Å². The number of hydrogen-bond donors (Lipinski definition) is 3. The van der Waals surface area contributed by atoms with Crippen LogP contribution >= 0.6 is 0 Å². The molecule has 2 saturated heterocycles. The van der Waals surface area contributed by atoms with Crippen LogP contribution in [0.25, 0.3) is 0 Å². The Morgan fingerprint density at radius 3 is 2.53 bits per heavy atom. The van der Waals surface area contributed by atoms with Gasteiger partial charge in [-0.2, -0.15) is 0 Å². The lowest BCUT2D eigenvalue weighted by Gasteiger charge is -2.43. The number of hydrogen-bond acceptors (Lipinski definition) is 6. The van der Waals surface area contributed by atoms with Gasteiger partial charge < -0.3 is 15.3 Å². The SMILES string of the molecule is CCCCN1CCC(C(=O)NCC(C)(O)CN2CCc3ccccc3C2)CC1NC1CCN(C(C)=O)CC1. The molecule has 4 rings (SSSR count).